The van der Waals surface area contributed by atoms with E-state index in [1.54, 1.807) is 18.6 Å². The Balaban J connectivity index is 1.72. The van der Waals surface area contributed by atoms with Gasteiger partial charge < -0.3 is 14.7 Å². The van der Waals surface area contributed by atoms with E-state index in [2.05, 4.69) is 4.98 Å². The number of imidazole rings is 1. The van der Waals surface area contributed by atoms with Crippen LogP contribution in [0.4, 0.5) is 10.2 Å². The van der Waals surface area contributed by atoms with Gasteiger partial charge in [0.1, 0.15) is 30.1 Å². The standard InChI is InChI=1S/C20H19Cl2FN4O3/c21-15-2-1-14-16(26-5-4-24-11-26)8-17(25-20(14)19(15)22)27-9-12(23)7-13(27)10-30-6-3-18(28)29/h1-2,4-5,8,11-13H,3,6-7,9-10H2,(H,28,29)/p+1/t12-,13+/m1/s1. The van der Waals surface area contributed by atoms with E-state index in [0.717, 1.165) is 11.1 Å². The van der Waals surface area contributed by atoms with Crippen molar-refractivity contribution in [3.8, 4) is 5.69 Å². The van der Waals surface area contributed by atoms with Gasteiger partial charge in [-0.15, -0.1) is 0 Å². The number of benzene rings is 1. The monoisotopic (exact) mass is 453 g/mol. The number of H-pyrrole nitrogens is 1. The van der Waals surface area contributed by atoms with Gasteiger partial charge in [-0.05, 0) is 12.1 Å². The number of hydrogen-bond donors (Lipinski definition) is 2. The van der Waals surface area contributed by atoms with E-state index < -0.39 is 12.1 Å². The smallest absolute Gasteiger partial charge is 0.305 e. The fourth-order valence-electron chi connectivity index (χ4n) is 3.68. The molecule has 2 atom stereocenters. The van der Waals surface area contributed by atoms with E-state index in [1.165, 1.54) is 0 Å². The summed E-state index contributed by atoms with van der Waals surface area (Å²) in [6.45, 7) is 0.456. The SMILES string of the molecule is O=C(O)CCOC[C@@H]1C[C@@H](F)CN1c1cc(-[n+]2cc[nH]c2)c2ccc(Cl)c(Cl)c2n1. The third-order valence-corrected chi connectivity index (χ3v) is 5.88. The first kappa shape index (κ1) is 20.8. The summed E-state index contributed by atoms with van der Waals surface area (Å²) in [5.41, 5.74) is 1.35. The average Bonchev–Trinajstić information content (AvgIpc) is 3.37. The van der Waals surface area contributed by atoms with Crippen LogP contribution in [0.1, 0.15) is 12.8 Å². The molecule has 1 aromatic carbocycles. The highest BCUT2D eigenvalue weighted by atomic mass is 35.5. The number of carboxylic acids is 1. The summed E-state index contributed by atoms with van der Waals surface area (Å²) in [5, 5.41) is 10.3. The average molecular weight is 454 g/mol. The summed E-state index contributed by atoms with van der Waals surface area (Å²) in [4.78, 5) is 20.2. The maximum atomic E-state index is 14.3. The molecule has 0 unspecified atom stereocenters. The number of alkyl halides is 1. The lowest BCUT2D eigenvalue weighted by Gasteiger charge is -2.26. The predicted molar refractivity (Wildman–Crippen MR) is 111 cm³/mol. The molecule has 158 valence electrons. The number of carboxylic acid groups (broad SMARTS) is 1. The van der Waals surface area contributed by atoms with Crippen molar-refractivity contribution in [3.05, 3.63) is 47.0 Å². The van der Waals surface area contributed by atoms with E-state index in [1.807, 2.05) is 27.8 Å². The second-order valence-corrected chi connectivity index (χ2v) is 7.92. The van der Waals surface area contributed by atoms with Crippen LogP contribution >= 0.6 is 23.2 Å². The number of halogens is 3. The highest BCUT2D eigenvalue weighted by Gasteiger charge is 2.34. The Morgan fingerprint density at radius 3 is 3.00 bits per heavy atom. The van der Waals surface area contributed by atoms with Gasteiger partial charge in [0.25, 0.3) is 0 Å². The lowest BCUT2D eigenvalue weighted by Crippen LogP contribution is -2.35. The molecular formula is C20H20Cl2FN4O3+. The van der Waals surface area contributed by atoms with E-state index >= 15 is 0 Å². The number of nitrogens with zero attached hydrogens (tertiary/aromatic N) is 3. The molecule has 1 fully saturated rings. The number of hydrogen-bond acceptors (Lipinski definition) is 4. The number of aliphatic carboxylic acids is 1. The van der Waals surface area contributed by atoms with Gasteiger partial charge in [0.05, 0.1) is 47.8 Å². The van der Waals surface area contributed by atoms with Gasteiger partial charge in [0.15, 0.2) is 0 Å². The largest absolute Gasteiger partial charge is 0.481 e. The van der Waals surface area contributed by atoms with Crippen LogP contribution in [0.3, 0.4) is 0 Å². The molecule has 3 aromatic rings. The van der Waals surface area contributed by atoms with Crippen molar-refractivity contribution in [3.63, 3.8) is 0 Å². The second kappa shape index (κ2) is 8.75. The molecule has 0 radical (unpaired) electrons. The van der Waals surface area contributed by atoms with Crippen molar-refractivity contribution in [2.24, 2.45) is 0 Å². The van der Waals surface area contributed by atoms with E-state index in [4.69, 9.17) is 38.0 Å². The molecule has 2 N–H and O–H groups in total. The Morgan fingerprint density at radius 1 is 1.43 bits per heavy atom. The zero-order valence-corrected chi connectivity index (χ0v) is 17.4. The first-order valence-corrected chi connectivity index (χ1v) is 10.2. The highest BCUT2D eigenvalue weighted by Crippen LogP contribution is 2.35. The molecule has 0 amide bonds. The van der Waals surface area contributed by atoms with Crippen LogP contribution < -0.4 is 9.47 Å². The number of nitrogens with one attached hydrogen (secondary N) is 1. The molecule has 1 saturated heterocycles. The topological polar surface area (TPSA) is 82.3 Å². The summed E-state index contributed by atoms with van der Waals surface area (Å²) in [5.74, 6) is -0.375. The minimum absolute atomic E-state index is 0.0770. The predicted octanol–water partition coefficient (Wildman–Crippen LogP) is 3.55. The van der Waals surface area contributed by atoms with Crippen molar-refractivity contribution in [1.29, 1.82) is 0 Å². The summed E-state index contributed by atoms with van der Waals surface area (Å²) < 4.78 is 21.7. The van der Waals surface area contributed by atoms with Crippen LogP contribution in [0, 0.1) is 0 Å². The molecule has 3 heterocycles. The van der Waals surface area contributed by atoms with Gasteiger partial charge in [-0.2, -0.15) is 0 Å². The highest BCUT2D eigenvalue weighted by molar-refractivity contribution is 6.45. The Kier molecular flexibility index (Phi) is 6.08. The Morgan fingerprint density at radius 2 is 2.27 bits per heavy atom. The minimum atomic E-state index is -1.03. The van der Waals surface area contributed by atoms with Gasteiger partial charge in [0.2, 0.25) is 6.33 Å². The van der Waals surface area contributed by atoms with Crippen molar-refractivity contribution in [2.45, 2.75) is 25.1 Å². The Labute approximate surface area is 182 Å². The number of fused-ring (bicyclic) bond motifs is 1. The van der Waals surface area contributed by atoms with Gasteiger partial charge in [-0.1, -0.05) is 23.2 Å². The van der Waals surface area contributed by atoms with Crippen LogP contribution in [0.15, 0.2) is 36.9 Å². The number of rotatable bonds is 7. The Bertz CT molecular complexity index is 1060. The quantitative estimate of drug-likeness (QED) is 0.422. The third kappa shape index (κ3) is 4.21. The summed E-state index contributed by atoms with van der Waals surface area (Å²) in [6, 6.07) is 5.18. The molecule has 1 aliphatic heterocycles. The van der Waals surface area contributed by atoms with E-state index in [0.29, 0.717) is 21.4 Å². The molecule has 30 heavy (non-hydrogen) atoms. The number of carbonyl (C=O) groups is 1. The first-order chi connectivity index (χ1) is 14.4. The lowest BCUT2D eigenvalue weighted by atomic mass is 10.1. The fourth-order valence-corrected chi connectivity index (χ4v) is 4.04. The van der Waals surface area contributed by atoms with Crippen LogP contribution in [0.5, 0.6) is 0 Å². The number of anilines is 1. The van der Waals surface area contributed by atoms with Crippen molar-refractivity contribution in [2.75, 3.05) is 24.7 Å². The van der Waals surface area contributed by atoms with Crippen LogP contribution in [0.2, 0.25) is 10.0 Å². The molecular weight excluding hydrogens is 434 g/mol. The minimum Gasteiger partial charge on any atom is -0.481 e. The van der Waals surface area contributed by atoms with Gasteiger partial charge in [0, 0.05) is 17.9 Å². The third-order valence-electron chi connectivity index (χ3n) is 5.09. The summed E-state index contributed by atoms with van der Waals surface area (Å²) in [7, 11) is 0. The maximum Gasteiger partial charge on any atom is 0.305 e. The molecule has 0 saturated carbocycles. The molecule has 10 heteroatoms. The normalized spacial score (nSPS) is 19.0. The number of pyridine rings is 1. The van der Waals surface area contributed by atoms with Gasteiger partial charge >= 0.3 is 5.97 Å². The number of aromatic nitrogens is 3. The number of ether oxygens (including phenoxy) is 1. The van der Waals surface area contributed by atoms with Crippen molar-refractivity contribution < 1.29 is 23.6 Å². The van der Waals surface area contributed by atoms with Crippen LogP contribution in [0.25, 0.3) is 16.6 Å². The van der Waals surface area contributed by atoms with Crippen LogP contribution in [-0.4, -0.2) is 53.0 Å². The van der Waals surface area contributed by atoms with Crippen molar-refractivity contribution in [1.82, 2.24) is 9.97 Å². The molecule has 0 bridgehead atoms. The maximum absolute atomic E-state index is 14.3. The van der Waals surface area contributed by atoms with Gasteiger partial charge in [-0.25, -0.2) is 18.9 Å². The summed E-state index contributed by atoms with van der Waals surface area (Å²) in [6.07, 6.45) is 4.58. The zero-order valence-electron chi connectivity index (χ0n) is 15.9. The second-order valence-electron chi connectivity index (χ2n) is 7.13. The Hall–Kier alpha value is -2.42. The molecule has 4 rings (SSSR count). The molecule has 0 spiro atoms. The van der Waals surface area contributed by atoms with E-state index in [-0.39, 0.29) is 38.6 Å². The van der Waals surface area contributed by atoms with Gasteiger partial charge in [-0.3, -0.25) is 4.79 Å². The molecule has 1 aliphatic rings. The zero-order chi connectivity index (χ0) is 21.3. The molecule has 2 aromatic heterocycles. The van der Waals surface area contributed by atoms with E-state index in [9.17, 15) is 9.18 Å². The fraction of sp³-hybridized carbons (Fsp3) is 0.350. The molecule has 0 aliphatic carbocycles. The van der Waals surface area contributed by atoms with Crippen LogP contribution in [-0.2, 0) is 9.53 Å². The lowest BCUT2D eigenvalue weighted by molar-refractivity contribution is -0.592. The molecule has 7 nitrogen and oxygen atoms in total. The van der Waals surface area contributed by atoms with Crippen molar-refractivity contribution >= 4 is 45.9 Å². The summed E-state index contributed by atoms with van der Waals surface area (Å²) >= 11 is 12.7. The number of aromatic amines is 1. The first-order valence-electron chi connectivity index (χ1n) is 9.47.